The lowest BCUT2D eigenvalue weighted by Gasteiger charge is -2.67. The number of hydrogen-bond acceptors (Lipinski definition) is 6. The largest absolute Gasteiger partial charge is 0.459 e. The molecule has 0 amide bonds. The van der Waals surface area contributed by atoms with Crippen molar-refractivity contribution in [1.82, 2.24) is 4.98 Å². The number of benzene rings is 1. The van der Waals surface area contributed by atoms with Crippen LogP contribution in [0, 0.1) is 11.3 Å². The van der Waals surface area contributed by atoms with Crippen molar-refractivity contribution in [2.75, 3.05) is 0 Å². The van der Waals surface area contributed by atoms with Crippen LogP contribution in [0.5, 0.6) is 0 Å². The molecule has 7 atom stereocenters. The number of hydrogen-bond donors (Lipinski definition) is 2. The highest BCUT2D eigenvalue weighted by molar-refractivity contribution is 5.97. The first-order chi connectivity index (χ1) is 18.6. The summed E-state index contributed by atoms with van der Waals surface area (Å²) in [5.74, 6) is -3.45. The van der Waals surface area contributed by atoms with Crippen LogP contribution >= 0.6 is 0 Å². The first kappa shape index (κ1) is 26.2. The molecular formula is C30H32F3NO6. The van der Waals surface area contributed by atoms with Crippen LogP contribution in [0.1, 0.15) is 64.6 Å². The molecule has 1 saturated heterocycles. The van der Waals surface area contributed by atoms with Crippen molar-refractivity contribution in [2.45, 2.75) is 101 Å². The lowest BCUT2D eigenvalue weighted by atomic mass is 9.41. The second-order valence-electron chi connectivity index (χ2n) is 13.1. The lowest BCUT2D eigenvalue weighted by Crippen LogP contribution is -2.75. The molecule has 5 aliphatic rings. The van der Waals surface area contributed by atoms with Gasteiger partial charge in [-0.25, -0.2) is 0 Å². The molecule has 0 radical (unpaired) electrons. The summed E-state index contributed by atoms with van der Waals surface area (Å²) in [6, 6.07) is 7.92. The number of para-hydroxylation sites is 1. The van der Waals surface area contributed by atoms with E-state index >= 15 is 0 Å². The van der Waals surface area contributed by atoms with Gasteiger partial charge in [0.05, 0.1) is 0 Å². The molecule has 7 nitrogen and oxygen atoms in total. The van der Waals surface area contributed by atoms with E-state index in [0.29, 0.717) is 19.3 Å². The van der Waals surface area contributed by atoms with Crippen molar-refractivity contribution < 1.29 is 42.1 Å². The zero-order valence-corrected chi connectivity index (χ0v) is 22.8. The molecule has 1 aromatic carbocycles. The number of carbonyl (C=O) groups excluding carboxylic acids is 2. The Kier molecular flexibility index (Phi) is 4.97. The highest BCUT2D eigenvalue weighted by atomic mass is 19.4. The second kappa shape index (κ2) is 7.57. The van der Waals surface area contributed by atoms with E-state index < -0.39 is 64.4 Å². The van der Waals surface area contributed by atoms with E-state index in [1.807, 2.05) is 31.2 Å². The minimum atomic E-state index is -4.77. The van der Waals surface area contributed by atoms with Gasteiger partial charge in [0, 0.05) is 39.4 Å². The van der Waals surface area contributed by atoms with Gasteiger partial charge in [-0.1, -0.05) is 32.0 Å². The molecule has 3 aliphatic carbocycles. The van der Waals surface area contributed by atoms with E-state index in [4.69, 9.17) is 14.2 Å². The Morgan fingerprint density at radius 2 is 1.90 bits per heavy atom. The van der Waals surface area contributed by atoms with Gasteiger partial charge in [0.25, 0.3) is 0 Å². The molecule has 2 saturated carbocycles. The van der Waals surface area contributed by atoms with Gasteiger partial charge in [-0.3, -0.25) is 9.59 Å². The summed E-state index contributed by atoms with van der Waals surface area (Å²) in [5.41, 5.74) is -1.64. The predicted octanol–water partition coefficient (Wildman–Crippen LogP) is 4.80. The van der Waals surface area contributed by atoms with E-state index in [1.165, 1.54) is 6.08 Å². The maximum atomic E-state index is 13.3. The van der Waals surface area contributed by atoms with Crippen LogP contribution < -0.4 is 0 Å². The topological polar surface area (TPSA) is 97.9 Å². The molecule has 10 heteroatoms. The van der Waals surface area contributed by atoms with Crippen LogP contribution in [0.25, 0.3) is 10.9 Å². The number of H-pyrrole nitrogens is 1. The summed E-state index contributed by atoms with van der Waals surface area (Å²) in [4.78, 5) is 29.6. The molecule has 1 aromatic heterocycles. The minimum absolute atomic E-state index is 0.109. The Morgan fingerprint density at radius 3 is 2.62 bits per heavy atom. The van der Waals surface area contributed by atoms with E-state index in [1.54, 1.807) is 13.8 Å². The number of rotatable bonds is 2. The molecule has 1 spiro atoms. The summed E-state index contributed by atoms with van der Waals surface area (Å²) >= 11 is 0. The molecule has 214 valence electrons. The van der Waals surface area contributed by atoms with Gasteiger partial charge < -0.3 is 24.3 Å². The second-order valence-corrected chi connectivity index (χ2v) is 13.1. The number of aliphatic hydroxyl groups is 1. The fraction of sp³-hybridized carbons (Fsp3) is 0.600. The van der Waals surface area contributed by atoms with Crippen LogP contribution in [0.4, 0.5) is 13.2 Å². The summed E-state index contributed by atoms with van der Waals surface area (Å²) in [7, 11) is 0. The maximum absolute atomic E-state index is 13.3. The zero-order chi connectivity index (χ0) is 28.7. The highest BCUT2D eigenvalue weighted by Crippen LogP contribution is 2.72. The highest BCUT2D eigenvalue weighted by Gasteiger charge is 2.78. The quantitative estimate of drug-likeness (QED) is 0.514. The third kappa shape index (κ3) is 3.02. The number of nitrogens with one attached hydrogen (secondary N) is 1. The Balaban J connectivity index is 1.42. The Morgan fingerprint density at radius 1 is 1.18 bits per heavy atom. The number of aromatic nitrogens is 1. The van der Waals surface area contributed by atoms with Crippen molar-refractivity contribution in [1.29, 1.82) is 0 Å². The van der Waals surface area contributed by atoms with Crippen LogP contribution in [-0.2, 0) is 35.6 Å². The van der Waals surface area contributed by atoms with Gasteiger partial charge in [-0.15, -0.1) is 0 Å². The number of esters is 1. The molecule has 2 N–H and O–H groups in total. The van der Waals surface area contributed by atoms with E-state index in [0.717, 1.165) is 22.2 Å². The molecule has 2 aromatic rings. The average Bonchev–Trinajstić information content (AvgIpc) is 3.43. The van der Waals surface area contributed by atoms with E-state index in [2.05, 4.69) is 11.9 Å². The third-order valence-electron chi connectivity index (χ3n) is 10.9. The summed E-state index contributed by atoms with van der Waals surface area (Å²) < 4.78 is 57.8. The summed E-state index contributed by atoms with van der Waals surface area (Å²) in [6.07, 6.45) is -6.02. The first-order valence-corrected chi connectivity index (χ1v) is 13.8. The molecule has 7 rings (SSSR count). The third-order valence-corrected chi connectivity index (χ3v) is 10.9. The average molecular weight is 560 g/mol. The van der Waals surface area contributed by atoms with E-state index in [-0.39, 0.29) is 17.9 Å². The van der Waals surface area contributed by atoms with E-state index in [9.17, 15) is 27.9 Å². The maximum Gasteiger partial charge on any atom is 0.399 e. The fourth-order valence-corrected chi connectivity index (χ4v) is 8.90. The van der Waals surface area contributed by atoms with Crippen LogP contribution in [0.2, 0.25) is 0 Å². The fourth-order valence-electron chi connectivity index (χ4n) is 8.90. The summed E-state index contributed by atoms with van der Waals surface area (Å²) in [5, 5.41) is 14.1. The number of alkyl halides is 3. The molecule has 2 bridgehead atoms. The molecule has 3 heterocycles. The smallest absolute Gasteiger partial charge is 0.399 e. The van der Waals surface area contributed by atoms with Crippen molar-refractivity contribution in [3.8, 4) is 0 Å². The Bertz CT molecular complexity index is 1510. The first-order valence-electron chi connectivity index (χ1n) is 13.8. The number of halogens is 3. The normalized spacial score (nSPS) is 41.1. The molecular weight excluding hydrogens is 527 g/mol. The lowest BCUT2D eigenvalue weighted by molar-refractivity contribution is -0.278. The Hall–Kier alpha value is -2.69. The van der Waals surface area contributed by atoms with Crippen molar-refractivity contribution >= 4 is 22.7 Å². The summed E-state index contributed by atoms with van der Waals surface area (Å²) in [6.45, 7) is 7.45. The van der Waals surface area contributed by atoms with Crippen molar-refractivity contribution in [3.05, 3.63) is 47.2 Å². The van der Waals surface area contributed by atoms with Crippen LogP contribution in [0.3, 0.4) is 0 Å². The number of aromatic amines is 1. The molecule has 3 fully saturated rings. The standard InChI is InChI=1S/C30H32F3NO6/c1-25(2)24-19(35)13-20-28(39-24,40-25)10-9-26(3)27(4)15(11-17-16-7-5-6-8-18(16)34-23(17)27)12-21(30(20,26)37)38-22(36)14-29(31,32)33/h5-8,13,15,21,24,34,37H,9-12,14H2,1-4H3/t15-,21+,24?,26?,27-,28?,30+/m1/s1. The van der Waals surface area contributed by atoms with Gasteiger partial charge >= 0.3 is 12.1 Å². The van der Waals surface area contributed by atoms with Gasteiger partial charge in [0.1, 0.15) is 23.7 Å². The van der Waals surface area contributed by atoms with Crippen molar-refractivity contribution in [3.63, 3.8) is 0 Å². The van der Waals surface area contributed by atoms with Crippen LogP contribution in [0.15, 0.2) is 35.9 Å². The van der Waals surface area contributed by atoms with Crippen LogP contribution in [-0.4, -0.2) is 57.2 Å². The van der Waals surface area contributed by atoms with Gasteiger partial charge in [-0.2, -0.15) is 13.2 Å². The number of ketones is 1. The molecule has 2 aliphatic heterocycles. The van der Waals surface area contributed by atoms with Crippen molar-refractivity contribution in [2.24, 2.45) is 11.3 Å². The Labute approximate surface area is 229 Å². The number of fused-ring (bicyclic) bond motifs is 9. The number of ether oxygens (including phenoxy) is 3. The van der Waals surface area contributed by atoms with Gasteiger partial charge in [0.15, 0.2) is 17.7 Å². The monoisotopic (exact) mass is 559 g/mol. The predicted molar refractivity (Wildman–Crippen MR) is 136 cm³/mol. The SMILES string of the molecule is CC1(C)OC23CCC4(C)[C@@]5(C)c6[nH]c7ccccc7c6C[C@@H]5C[C@H](OC(=O)CC(F)(F)F)[C@@]4(O)C2=CC(=O)C1O3. The number of carbonyl (C=O) groups is 2. The minimum Gasteiger partial charge on any atom is -0.459 e. The molecule has 40 heavy (non-hydrogen) atoms. The zero-order valence-electron chi connectivity index (χ0n) is 22.8. The van der Waals surface area contributed by atoms with Gasteiger partial charge in [-0.05, 0) is 56.7 Å². The van der Waals surface area contributed by atoms with Gasteiger partial charge in [0.2, 0.25) is 0 Å². The molecule has 3 unspecified atom stereocenters.